The van der Waals surface area contributed by atoms with Crippen LogP contribution in [0.3, 0.4) is 0 Å². The lowest BCUT2D eigenvalue weighted by Crippen LogP contribution is -2.51. The Labute approximate surface area is 233 Å². The molecule has 0 radical (unpaired) electrons. The summed E-state index contributed by atoms with van der Waals surface area (Å²) in [6, 6.07) is 12.2. The van der Waals surface area contributed by atoms with E-state index in [0.29, 0.717) is 0 Å². The number of para-hydroxylation sites is 1. The Morgan fingerprint density at radius 3 is 2.73 bits per heavy atom. The van der Waals surface area contributed by atoms with Crippen LogP contribution in [-0.4, -0.2) is 56.6 Å². The molecule has 2 N–H and O–H groups in total. The summed E-state index contributed by atoms with van der Waals surface area (Å²) < 4.78 is 14.6. The third-order valence-electron chi connectivity index (χ3n) is 9.08. The number of pyridine rings is 1. The predicted molar refractivity (Wildman–Crippen MR) is 152 cm³/mol. The van der Waals surface area contributed by atoms with Gasteiger partial charge in [0, 0.05) is 50.8 Å². The molecule has 1 unspecified atom stereocenters. The summed E-state index contributed by atoms with van der Waals surface area (Å²) in [7, 11) is 0. The molecule has 2 fully saturated rings. The smallest absolute Gasteiger partial charge is 0.183 e. The molecule has 10 heteroatoms. The Morgan fingerprint density at radius 2 is 1.88 bits per heavy atom. The maximum atomic E-state index is 6.72. The number of fused-ring (bicyclic) bond motifs is 3. The zero-order chi connectivity index (χ0) is 26.7. The standard InChI is InChI=1S/C30H34N8O2/c31-27-20-7-1-2-10-23(20)40-30(27)12-16-36(17-13-30)24-19-33-26-28(34-24)38(25-11-3-4-18-39-25)35-29(26)37-15-6-8-21-22(37)9-5-14-32-21/h1-2,5,7,9-10,14,19,25,27H,3-4,6,8,11-13,15-18,31H2/t25?,27-/m1/s1. The van der Waals surface area contributed by atoms with Gasteiger partial charge in [0.15, 0.2) is 23.2 Å². The highest BCUT2D eigenvalue weighted by molar-refractivity contribution is 5.88. The second-order valence-electron chi connectivity index (χ2n) is 11.4. The van der Waals surface area contributed by atoms with E-state index in [2.05, 4.69) is 26.9 Å². The number of anilines is 3. The lowest BCUT2D eigenvalue weighted by Gasteiger charge is -2.41. The van der Waals surface area contributed by atoms with Gasteiger partial charge in [-0.2, -0.15) is 0 Å². The third kappa shape index (κ3) is 3.77. The summed E-state index contributed by atoms with van der Waals surface area (Å²) in [5, 5.41) is 5.12. The Bertz CT molecular complexity index is 1560. The average Bonchev–Trinajstić information content (AvgIpc) is 3.52. The minimum atomic E-state index is -0.363. The van der Waals surface area contributed by atoms with Crippen molar-refractivity contribution in [1.29, 1.82) is 0 Å². The molecule has 10 nitrogen and oxygen atoms in total. The van der Waals surface area contributed by atoms with Crippen molar-refractivity contribution in [2.24, 2.45) is 5.73 Å². The van der Waals surface area contributed by atoms with Crippen LogP contribution in [0.1, 0.15) is 62.1 Å². The molecule has 0 bridgehead atoms. The van der Waals surface area contributed by atoms with Crippen LogP contribution in [-0.2, 0) is 11.2 Å². The van der Waals surface area contributed by atoms with E-state index in [1.807, 2.05) is 41.3 Å². The predicted octanol–water partition coefficient (Wildman–Crippen LogP) is 4.44. The molecular weight excluding hydrogens is 504 g/mol. The Balaban J connectivity index is 1.13. The van der Waals surface area contributed by atoms with Gasteiger partial charge in [0.05, 0.1) is 23.6 Å². The Morgan fingerprint density at radius 1 is 0.975 bits per heavy atom. The van der Waals surface area contributed by atoms with Crippen LogP contribution in [0, 0.1) is 0 Å². The van der Waals surface area contributed by atoms with Gasteiger partial charge in [0.1, 0.15) is 17.2 Å². The van der Waals surface area contributed by atoms with Crippen molar-refractivity contribution in [3.63, 3.8) is 0 Å². The fourth-order valence-corrected chi connectivity index (χ4v) is 6.87. The molecule has 4 aromatic rings. The number of nitrogens with zero attached hydrogens (tertiary/aromatic N) is 7. The zero-order valence-corrected chi connectivity index (χ0v) is 22.6. The first-order chi connectivity index (χ1) is 19.7. The van der Waals surface area contributed by atoms with Crippen LogP contribution in [0.4, 0.5) is 17.3 Å². The summed E-state index contributed by atoms with van der Waals surface area (Å²) in [5.74, 6) is 2.61. The van der Waals surface area contributed by atoms with Crippen molar-refractivity contribution in [2.45, 2.75) is 62.8 Å². The highest BCUT2D eigenvalue weighted by Crippen LogP contribution is 2.47. The highest BCUT2D eigenvalue weighted by atomic mass is 16.5. The molecule has 3 aromatic heterocycles. The summed E-state index contributed by atoms with van der Waals surface area (Å²) in [4.78, 5) is 19.4. The van der Waals surface area contributed by atoms with Crippen molar-refractivity contribution in [2.75, 3.05) is 36.0 Å². The largest absolute Gasteiger partial charge is 0.485 e. The first kappa shape index (κ1) is 24.1. The first-order valence-corrected chi connectivity index (χ1v) is 14.6. The number of benzene rings is 1. The van der Waals surface area contributed by atoms with Crippen LogP contribution in [0.25, 0.3) is 11.2 Å². The molecule has 0 amide bonds. The van der Waals surface area contributed by atoms with Crippen LogP contribution in [0.5, 0.6) is 5.75 Å². The van der Waals surface area contributed by atoms with Crippen molar-refractivity contribution >= 4 is 28.5 Å². The number of aryl methyl sites for hydroxylation is 1. The number of rotatable bonds is 3. The van der Waals surface area contributed by atoms with Gasteiger partial charge >= 0.3 is 0 Å². The first-order valence-electron chi connectivity index (χ1n) is 14.6. The van der Waals surface area contributed by atoms with Crippen molar-refractivity contribution in [3.8, 4) is 5.75 Å². The molecule has 4 aliphatic heterocycles. The minimum absolute atomic E-state index is 0.117. The minimum Gasteiger partial charge on any atom is -0.485 e. The molecule has 2 saturated heterocycles. The molecule has 0 saturated carbocycles. The summed E-state index contributed by atoms with van der Waals surface area (Å²) in [6.45, 7) is 3.21. The lowest BCUT2D eigenvalue weighted by molar-refractivity contribution is -0.0368. The fourth-order valence-electron chi connectivity index (χ4n) is 6.87. The monoisotopic (exact) mass is 538 g/mol. The fraction of sp³-hybridized carbons (Fsp3) is 0.467. The summed E-state index contributed by atoms with van der Waals surface area (Å²) in [6.07, 6.45) is 10.4. The molecule has 7 heterocycles. The van der Waals surface area contributed by atoms with Crippen LogP contribution >= 0.6 is 0 Å². The second kappa shape index (κ2) is 9.42. The number of hydrogen-bond acceptors (Lipinski definition) is 9. The van der Waals surface area contributed by atoms with Gasteiger partial charge < -0.3 is 25.0 Å². The number of piperidine rings is 1. The van der Waals surface area contributed by atoms with Crippen molar-refractivity contribution in [1.82, 2.24) is 24.7 Å². The van der Waals surface area contributed by atoms with Crippen LogP contribution < -0.4 is 20.3 Å². The van der Waals surface area contributed by atoms with Gasteiger partial charge in [-0.25, -0.2) is 14.6 Å². The Kier molecular flexibility index (Phi) is 5.67. The van der Waals surface area contributed by atoms with E-state index < -0.39 is 0 Å². The van der Waals surface area contributed by atoms with Gasteiger partial charge in [-0.1, -0.05) is 18.2 Å². The number of aromatic nitrogens is 5. The molecule has 4 aliphatic rings. The maximum absolute atomic E-state index is 6.72. The molecule has 1 spiro atoms. The molecule has 8 rings (SSSR count). The van der Waals surface area contributed by atoms with E-state index in [9.17, 15) is 0 Å². The molecule has 206 valence electrons. The van der Waals surface area contributed by atoms with Crippen molar-refractivity contribution in [3.05, 3.63) is 60.0 Å². The van der Waals surface area contributed by atoms with E-state index >= 15 is 0 Å². The number of nitrogens with two attached hydrogens (primary N) is 1. The quantitative estimate of drug-likeness (QED) is 0.405. The highest BCUT2D eigenvalue weighted by Gasteiger charge is 2.48. The van der Waals surface area contributed by atoms with E-state index in [-0.39, 0.29) is 17.9 Å². The SMILES string of the molecule is N[C@@H]1c2ccccc2OC12CCN(c1cnc3c(N4CCCc5ncccc54)nn(C4CCCCO4)c3n1)CC2. The summed E-state index contributed by atoms with van der Waals surface area (Å²) in [5.41, 5.74) is 11.2. The summed E-state index contributed by atoms with van der Waals surface area (Å²) >= 11 is 0. The maximum Gasteiger partial charge on any atom is 0.183 e. The second-order valence-corrected chi connectivity index (χ2v) is 11.4. The normalized spacial score (nSPS) is 23.7. The van der Waals surface area contributed by atoms with Gasteiger partial charge in [0.2, 0.25) is 0 Å². The lowest BCUT2D eigenvalue weighted by atomic mass is 9.83. The van der Waals surface area contributed by atoms with Crippen LogP contribution in [0.2, 0.25) is 0 Å². The topological polar surface area (TPSA) is 107 Å². The number of ether oxygens (including phenoxy) is 2. The van der Waals surface area contributed by atoms with Crippen molar-refractivity contribution < 1.29 is 9.47 Å². The van der Waals surface area contributed by atoms with Gasteiger partial charge in [0.25, 0.3) is 0 Å². The molecular formula is C30H34N8O2. The van der Waals surface area contributed by atoms with Crippen LogP contribution in [0.15, 0.2) is 48.8 Å². The van der Waals surface area contributed by atoms with E-state index in [4.69, 9.17) is 30.3 Å². The molecule has 1 aromatic carbocycles. The van der Waals surface area contributed by atoms with Gasteiger partial charge in [-0.15, -0.1) is 5.10 Å². The van der Waals surface area contributed by atoms with E-state index in [1.165, 1.54) is 0 Å². The zero-order valence-electron chi connectivity index (χ0n) is 22.6. The molecule has 40 heavy (non-hydrogen) atoms. The van der Waals surface area contributed by atoms with E-state index in [0.717, 1.165) is 117 Å². The average molecular weight is 539 g/mol. The van der Waals surface area contributed by atoms with Gasteiger partial charge in [-0.3, -0.25) is 4.98 Å². The number of hydrogen-bond donors (Lipinski definition) is 1. The third-order valence-corrected chi connectivity index (χ3v) is 9.08. The molecule has 0 aliphatic carbocycles. The Hall–Kier alpha value is -3.76. The molecule has 2 atom stereocenters. The van der Waals surface area contributed by atoms with E-state index in [1.54, 1.807) is 0 Å². The van der Waals surface area contributed by atoms with Gasteiger partial charge in [-0.05, 0) is 50.3 Å².